The number of nitrogens with one attached hydrogen (secondary N) is 2. The predicted molar refractivity (Wildman–Crippen MR) is 119 cm³/mol. The van der Waals surface area contributed by atoms with Gasteiger partial charge in [0.05, 0.1) is 10.6 Å². The summed E-state index contributed by atoms with van der Waals surface area (Å²) in [5.41, 5.74) is 1.87. The molecule has 0 fully saturated rings. The third-order valence-corrected chi connectivity index (χ3v) is 6.21. The first-order chi connectivity index (χ1) is 15.2. The average molecular weight is 477 g/mol. The van der Waals surface area contributed by atoms with Gasteiger partial charge in [-0.15, -0.1) is 11.3 Å². The van der Waals surface area contributed by atoms with Crippen LogP contribution >= 0.6 is 11.3 Å². The summed E-state index contributed by atoms with van der Waals surface area (Å²) in [7, 11) is -3.72. The fourth-order valence-corrected chi connectivity index (χ4v) is 4.03. The molecule has 3 rings (SSSR count). The van der Waals surface area contributed by atoms with Crippen molar-refractivity contribution in [3.05, 3.63) is 76.5 Å². The first-order valence-electron chi connectivity index (χ1n) is 9.60. The summed E-state index contributed by atoms with van der Waals surface area (Å²) < 4.78 is 35.4. The number of primary sulfonamides is 1. The van der Waals surface area contributed by atoms with Gasteiger partial charge in [-0.2, -0.15) is 0 Å². The van der Waals surface area contributed by atoms with Gasteiger partial charge in [-0.1, -0.05) is 12.1 Å². The van der Waals surface area contributed by atoms with Gasteiger partial charge in [0.1, 0.15) is 5.82 Å². The van der Waals surface area contributed by atoms with E-state index in [1.165, 1.54) is 47.7 Å². The molecule has 0 aliphatic heterocycles. The normalized spacial score (nSPS) is 11.2. The minimum absolute atomic E-state index is 0.0433. The maximum absolute atomic E-state index is 12.9. The van der Waals surface area contributed by atoms with Crippen LogP contribution in [-0.2, 0) is 27.7 Å². The maximum Gasteiger partial charge on any atom is 0.257 e. The van der Waals surface area contributed by atoms with E-state index in [0.717, 1.165) is 5.56 Å². The lowest BCUT2D eigenvalue weighted by Gasteiger charge is -2.06. The van der Waals surface area contributed by atoms with Crippen LogP contribution in [0, 0.1) is 5.82 Å². The van der Waals surface area contributed by atoms with Gasteiger partial charge in [-0.3, -0.25) is 14.9 Å². The number of carbonyl (C=O) groups is 2. The van der Waals surface area contributed by atoms with Crippen molar-refractivity contribution in [1.29, 1.82) is 0 Å². The van der Waals surface area contributed by atoms with Gasteiger partial charge in [0.15, 0.2) is 5.13 Å². The second kappa shape index (κ2) is 10.4. The Bertz CT molecular complexity index is 1190. The highest BCUT2D eigenvalue weighted by Crippen LogP contribution is 2.18. The number of hydrogen-bond donors (Lipinski definition) is 3. The molecule has 2 aromatic carbocycles. The van der Waals surface area contributed by atoms with E-state index in [9.17, 15) is 22.4 Å². The molecule has 0 spiro atoms. The number of sulfonamides is 1. The summed E-state index contributed by atoms with van der Waals surface area (Å²) in [6, 6.07) is 11.4. The Balaban J connectivity index is 1.40. The molecule has 32 heavy (non-hydrogen) atoms. The number of aryl methyl sites for hydroxylation is 1. The molecule has 0 aliphatic rings. The van der Waals surface area contributed by atoms with Crippen LogP contribution in [0.15, 0.2) is 58.8 Å². The zero-order valence-electron chi connectivity index (χ0n) is 16.9. The van der Waals surface area contributed by atoms with Crippen LogP contribution in [0.4, 0.5) is 9.52 Å². The van der Waals surface area contributed by atoms with Crippen molar-refractivity contribution in [3.8, 4) is 0 Å². The van der Waals surface area contributed by atoms with Crippen molar-refractivity contribution in [1.82, 2.24) is 10.3 Å². The Morgan fingerprint density at radius 2 is 1.72 bits per heavy atom. The molecule has 168 valence electrons. The van der Waals surface area contributed by atoms with Crippen molar-refractivity contribution in [2.45, 2.75) is 24.2 Å². The molecule has 11 heteroatoms. The van der Waals surface area contributed by atoms with E-state index in [-0.39, 0.29) is 23.1 Å². The fraction of sp³-hybridized carbons (Fsp3) is 0.190. The quantitative estimate of drug-likeness (QED) is 0.437. The van der Waals surface area contributed by atoms with Gasteiger partial charge in [0, 0.05) is 23.9 Å². The number of anilines is 1. The van der Waals surface area contributed by atoms with Crippen LogP contribution in [0.5, 0.6) is 0 Å². The van der Waals surface area contributed by atoms with Crippen molar-refractivity contribution < 1.29 is 22.4 Å². The number of amides is 2. The molecule has 0 atom stereocenters. The van der Waals surface area contributed by atoms with Gasteiger partial charge >= 0.3 is 0 Å². The van der Waals surface area contributed by atoms with Crippen LogP contribution in [-0.4, -0.2) is 31.8 Å². The second-order valence-corrected chi connectivity index (χ2v) is 9.31. The molecule has 0 bridgehead atoms. The van der Waals surface area contributed by atoms with Gasteiger partial charge in [-0.05, 0) is 54.8 Å². The lowest BCUT2D eigenvalue weighted by molar-refractivity contribution is -0.121. The minimum Gasteiger partial charge on any atom is -0.356 e. The number of nitrogens with zero attached hydrogens (tertiary/aromatic N) is 1. The number of carbonyl (C=O) groups excluding carboxylic acids is 2. The number of benzene rings is 2. The topological polar surface area (TPSA) is 131 Å². The van der Waals surface area contributed by atoms with Crippen molar-refractivity contribution in [3.63, 3.8) is 0 Å². The molecule has 3 aromatic rings. The number of nitrogens with two attached hydrogens (primary N) is 1. The number of thiazole rings is 1. The van der Waals surface area contributed by atoms with E-state index >= 15 is 0 Å². The number of aromatic nitrogens is 1. The standard InChI is InChI=1S/C21H21FN4O4S2/c22-16-5-3-15(4-6-16)20(28)26-21-25-17(13-31-21)7-10-19(27)24-12-11-14-1-8-18(9-2-14)32(23,29)30/h1-6,8-9,13H,7,10-12H2,(H,24,27)(H2,23,29,30)(H,25,26,28). The third kappa shape index (κ3) is 6.94. The Hall–Kier alpha value is -3.15. The molecule has 8 nitrogen and oxygen atoms in total. The number of rotatable bonds is 9. The summed E-state index contributed by atoms with van der Waals surface area (Å²) in [4.78, 5) is 28.5. The Labute approximate surface area is 188 Å². The molecule has 0 saturated heterocycles. The third-order valence-electron chi connectivity index (χ3n) is 4.47. The fourth-order valence-electron chi connectivity index (χ4n) is 2.77. The maximum atomic E-state index is 12.9. The first-order valence-corrected chi connectivity index (χ1v) is 12.0. The second-order valence-electron chi connectivity index (χ2n) is 6.89. The van der Waals surface area contributed by atoms with E-state index in [4.69, 9.17) is 5.14 Å². The van der Waals surface area contributed by atoms with E-state index in [1.54, 1.807) is 17.5 Å². The lowest BCUT2D eigenvalue weighted by atomic mass is 10.1. The van der Waals surface area contributed by atoms with Crippen molar-refractivity contribution in [2.24, 2.45) is 5.14 Å². The summed E-state index contributed by atoms with van der Waals surface area (Å²) in [6.07, 6.45) is 1.20. The van der Waals surface area contributed by atoms with E-state index in [1.807, 2.05) is 0 Å². The molecule has 1 aromatic heterocycles. The molecule has 0 saturated carbocycles. The molecule has 1 heterocycles. The van der Waals surface area contributed by atoms with Crippen LogP contribution in [0.1, 0.15) is 28.0 Å². The van der Waals surface area contributed by atoms with Gasteiger partial charge in [0.25, 0.3) is 5.91 Å². The monoisotopic (exact) mass is 476 g/mol. The Morgan fingerprint density at radius 1 is 1.03 bits per heavy atom. The van der Waals surface area contributed by atoms with Crippen LogP contribution in [0.2, 0.25) is 0 Å². The highest BCUT2D eigenvalue weighted by molar-refractivity contribution is 7.89. The molecule has 0 aliphatic carbocycles. The first kappa shape index (κ1) is 23.5. The van der Waals surface area contributed by atoms with Crippen LogP contribution in [0.3, 0.4) is 0 Å². The zero-order chi connectivity index (χ0) is 23.1. The van der Waals surface area contributed by atoms with E-state index < -0.39 is 15.8 Å². The zero-order valence-corrected chi connectivity index (χ0v) is 18.5. The van der Waals surface area contributed by atoms with Gasteiger partial charge < -0.3 is 5.32 Å². The van der Waals surface area contributed by atoms with Gasteiger partial charge in [0.2, 0.25) is 15.9 Å². The number of hydrogen-bond acceptors (Lipinski definition) is 6. The average Bonchev–Trinajstić information content (AvgIpc) is 3.20. The molecule has 4 N–H and O–H groups in total. The Morgan fingerprint density at radius 3 is 2.38 bits per heavy atom. The SMILES string of the molecule is NS(=O)(=O)c1ccc(CCNC(=O)CCc2csc(NC(=O)c3ccc(F)cc3)n2)cc1. The smallest absolute Gasteiger partial charge is 0.257 e. The highest BCUT2D eigenvalue weighted by Gasteiger charge is 2.11. The summed E-state index contributed by atoms with van der Waals surface area (Å²) >= 11 is 1.24. The van der Waals surface area contributed by atoms with E-state index in [0.29, 0.717) is 35.8 Å². The molecule has 0 radical (unpaired) electrons. The number of halogens is 1. The van der Waals surface area contributed by atoms with Crippen LogP contribution < -0.4 is 15.8 Å². The minimum atomic E-state index is -3.72. The largest absolute Gasteiger partial charge is 0.356 e. The summed E-state index contributed by atoms with van der Waals surface area (Å²) in [5, 5.41) is 12.7. The summed E-state index contributed by atoms with van der Waals surface area (Å²) in [5.74, 6) is -0.951. The van der Waals surface area contributed by atoms with E-state index in [2.05, 4.69) is 15.6 Å². The highest BCUT2D eigenvalue weighted by atomic mass is 32.2. The summed E-state index contributed by atoms with van der Waals surface area (Å²) in [6.45, 7) is 0.406. The molecular formula is C21H21FN4O4S2. The predicted octanol–water partition coefficient (Wildman–Crippen LogP) is 2.47. The molecular weight excluding hydrogens is 455 g/mol. The molecule has 2 amide bonds. The van der Waals surface area contributed by atoms with Crippen molar-refractivity contribution >= 4 is 38.3 Å². The van der Waals surface area contributed by atoms with Gasteiger partial charge in [-0.25, -0.2) is 22.9 Å². The Kier molecular flexibility index (Phi) is 7.67. The van der Waals surface area contributed by atoms with Crippen LogP contribution in [0.25, 0.3) is 0 Å². The molecule has 0 unspecified atom stereocenters. The lowest BCUT2D eigenvalue weighted by Crippen LogP contribution is -2.25. The van der Waals surface area contributed by atoms with Crippen molar-refractivity contribution in [2.75, 3.05) is 11.9 Å².